The van der Waals surface area contributed by atoms with Crippen LogP contribution in [0.1, 0.15) is 39.5 Å². The summed E-state index contributed by atoms with van der Waals surface area (Å²) in [5.74, 6) is 0.315. The monoisotopic (exact) mass is 245 g/mol. The highest BCUT2D eigenvalue weighted by Gasteiger charge is 2.50. The number of amides is 1. The Kier molecular flexibility index (Phi) is 1.99. The van der Waals surface area contributed by atoms with Crippen molar-refractivity contribution in [3.05, 3.63) is 0 Å². The van der Waals surface area contributed by atoms with Crippen LogP contribution in [-0.2, 0) is 4.79 Å². The van der Waals surface area contributed by atoms with Crippen molar-refractivity contribution in [2.75, 3.05) is 6.54 Å². The highest BCUT2D eigenvalue weighted by atomic mass is 79.9. The largest absolute Gasteiger partial charge is 0.336 e. The maximum Gasteiger partial charge on any atom is 0.239 e. The molecule has 0 bridgehead atoms. The van der Waals surface area contributed by atoms with Gasteiger partial charge in [0.1, 0.15) is 4.32 Å². The molecule has 0 aromatic carbocycles. The van der Waals surface area contributed by atoms with Crippen molar-refractivity contribution in [1.82, 2.24) is 4.90 Å². The predicted molar refractivity (Wildman–Crippen MR) is 55.9 cm³/mol. The first kappa shape index (κ1) is 9.50. The van der Waals surface area contributed by atoms with Gasteiger partial charge in [-0.2, -0.15) is 0 Å². The van der Waals surface area contributed by atoms with E-state index < -0.39 is 0 Å². The molecule has 0 aromatic rings. The van der Waals surface area contributed by atoms with Gasteiger partial charge in [-0.3, -0.25) is 4.79 Å². The molecule has 1 saturated carbocycles. The topological polar surface area (TPSA) is 20.3 Å². The van der Waals surface area contributed by atoms with Crippen LogP contribution in [-0.4, -0.2) is 27.2 Å². The number of likely N-dealkylation sites (tertiary alicyclic amines) is 1. The summed E-state index contributed by atoms with van der Waals surface area (Å²) in [6, 6.07) is 0. The molecule has 0 unspecified atom stereocenters. The van der Waals surface area contributed by atoms with Crippen molar-refractivity contribution >= 4 is 21.8 Å². The average Bonchev–Trinajstić information content (AvgIpc) is 1.98. The minimum atomic E-state index is -0.190. The van der Waals surface area contributed by atoms with E-state index in [9.17, 15) is 4.79 Å². The van der Waals surface area contributed by atoms with Crippen LogP contribution in [0.15, 0.2) is 0 Å². The molecule has 0 radical (unpaired) electrons. The number of hydrogen-bond donors (Lipinski definition) is 0. The van der Waals surface area contributed by atoms with Crippen LogP contribution in [0.25, 0.3) is 0 Å². The van der Waals surface area contributed by atoms with E-state index in [0.717, 1.165) is 25.8 Å². The summed E-state index contributed by atoms with van der Waals surface area (Å²) in [6.07, 6.45) is 4.35. The van der Waals surface area contributed by atoms with Crippen LogP contribution in [0.5, 0.6) is 0 Å². The quantitative estimate of drug-likeness (QED) is 0.650. The molecule has 0 N–H and O–H groups in total. The van der Waals surface area contributed by atoms with Gasteiger partial charge in [0.15, 0.2) is 0 Å². The first-order valence-corrected chi connectivity index (χ1v) is 5.76. The smallest absolute Gasteiger partial charge is 0.239 e. The number of halogens is 1. The first-order chi connectivity index (χ1) is 5.96. The van der Waals surface area contributed by atoms with E-state index in [1.54, 1.807) is 0 Å². The van der Waals surface area contributed by atoms with Crippen molar-refractivity contribution in [1.29, 1.82) is 0 Å². The van der Waals surface area contributed by atoms with Crippen LogP contribution in [0.2, 0.25) is 0 Å². The highest BCUT2D eigenvalue weighted by molar-refractivity contribution is 9.10. The Morgan fingerprint density at radius 1 is 1.31 bits per heavy atom. The van der Waals surface area contributed by atoms with Crippen LogP contribution in [0.4, 0.5) is 0 Å². The minimum Gasteiger partial charge on any atom is -0.336 e. The summed E-state index contributed by atoms with van der Waals surface area (Å²) in [5.41, 5.74) is 0.105. The van der Waals surface area contributed by atoms with Gasteiger partial charge in [-0.05, 0) is 39.5 Å². The second-order valence-electron chi connectivity index (χ2n) is 4.84. The van der Waals surface area contributed by atoms with Crippen molar-refractivity contribution in [2.45, 2.75) is 49.4 Å². The van der Waals surface area contributed by atoms with E-state index in [1.807, 2.05) is 4.90 Å². The molecule has 1 amide bonds. The second kappa shape index (κ2) is 2.72. The van der Waals surface area contributed by atoms with E-state index >= 15 is 0 Å². The number of alkyl halides is 1. The van der Waals surface area contributed by atoms with Crippen molar-refractivity contribution in [3.63, 3.8) is 0 Å². The zero-order chi connectivity index (χ0) is 9.69. The molecule has 2 aliphatic rings. The lowest BCUT2D eigenvalue weighted by Crippen LogP contribution is -2.63. The van der Waals surface area contributed by atoms with E-state index in [1.165, 1.54) is 6.42 Å². The summed E-state index contributed by atoms with van der Waals surface area (Å²) in [7, 11) is 0. The molecule has 74 valence electrons. The lowest BCUT2D eigenvalue weighted by molar-refractivity contribution is -0.149. The van der Waals surface area contributed by atoms with E-state index in [2.05, 4.69) is 29.8 Å². The fourth-order valence-corrected chi connectivity index (χ4v) is 2.76. The fourth-order valence-electron chi connectivity index (χ4n) is 1.99. The fraction of sp³-hybridized carbons (Fsp3) is 0.900. The molecular weight excluding hydrogens is 230 g/mol. The molecule has 0 aromatic heterocycles. The third-order valence-corrected chi connectivity index (χ3v) is 4.58. The Hall–Kier alpha value is -0.0500. The Labute approximate surface area is 87.8 Å². The third kappa shape index (κ3) is 1.32. The van der Waals surface area contributed by atoms with Gasteiger partial charge in [0, 0.05) is 12.1 Å². The van der Waals surface area contributed by atoms with Crippen molar-refractivity contribution in [2.24, 2.45) is 0 Å². The minimum absolute atomic E-state index is 0.105. The Morgan fingerprint density at radius 3 is 2.15 bits per heavy atom. The first-order valence-electron chi connectivity index (χ1n) is 4.97. The number of rotatable bonds is 1. The maximum atomic E-state index is 12.0. The summed E-state index contributed by atoms with van der Waals surface area (Å²) in [4.78, 5) is 14.0. The SMILES string of the molecule is CC1(C)CCN1C(=O)C1(Br)CCC1. The van der Waals surface area contributed by atoms with Gasteiger partial charge in [0.05, 0.1) is 0 Å². The molecule has 2 fully saturated rings. The van der Waals surface area contributed by atoms with Gasteiger partial charge in [-0.1, -0.05) is 15.9 Å². The summed E-state index contributed by atoms with van der Waals surface area (Å²) in [6.45, 7) is 5.23. The lowest BCUT2D eigenvalue weighted by atomic mass is 9.80. The van der Waals surface area contributed by atoms with E-state index in [4.69, 9.17) is 0 Å². The predicted octanol–water partition coefficient (Wildman–Crippen LogP) is 2.31. The standard InChI is InChI=1S/C10H16BrNO/c1-9(2)6-7-12(9)8(13)10(11)4-3-5-10/h3-7H2,1-2H3. The van der Waals surface area contributed by atoms with E-state index in [-0.39, 0.29) is 9.86 Å². The number of nitrogens with zero attached hydrogens (tertiary/aromatic N) is 1. The molecule has 1 aliphatic heterocycles. The molecule has 0 atom stereocenters. The molecule has 13 heavy (non-hydrogen) atoms. The van der Waals surface area contributed by atoms with Crippen LogP contribution < -0.4 is 0 Å². The Morgan fingerprint density at radius 2 is 1.92 bits per heavy atom. The molecular formula is C10H16BrNO. The van der Waals surface area contributed by atoms with E-state index in [0.29, 0.717) is 5.91 Å². The second-order valence-corrected chi connectivity index (χ2v) is 6.36. The molecule has 0 spiro atoms. The maximum absolute atomic E-state index is 12.0. The Bertz CT molecular complexity index is 245. The molecule has 2 nitrogen and oxygen atoms in total. The summed E-state index contributed by atoms with van der Waals surface area (Å²) in [5, 5.41) is 0. The zero-order valence-electron chi connectivity index (χ0n) is 8.27. The molecule has 2 rings (SSSR count). The Balaban J connectivity index is 2.05. The van der Waals surface area contributed by atoms with Gasteiger partial charge >= 0.3 is 0 Å². The van der Waals surface area contributed by atoms with Gasteiger partial charge in [-0.25, -0.2) is 0 Å². The average molecular weight is 246 g/mol. The summed E-state index contributed by atoms with van der Waals surface area (Å²) < 4.78 is -0.190. The highest BCUT2D eigenvalue weighted by Crippen LogP contribution is 2.44. The number of carbonyl (C=O) groups excluding carboxylic acids is 1. The van der Waals surface area contributed by atoms with Crippen LogP contribution in [0, 0.1) is 0 Å². The molecule has 1 heterocycles. The summed E-state index contributed by atoms with van der Waals surface area (Å²) >= 11 is 3.57. The zero-order valence-corrected chi connectivity index (χ0v) is 9.85. The number of carbonyl (C=O) groups is 1. The third-order valence-electron chi connectivity index (χ3n) is 3.45. The molecule has 1 aliphatic carbocycles. The van der Waals surface area contributed by atoms with Gasteiger partial charge in [-0.15, -0.1) is 0 Å². The van der Waals surface area contributed by atoms with Crippen LogP contribution >= 0.6 is 15.9 Å². The molecule has 3 heteroatoms. The number of hydrogen-bond acceptors (Lipinski definition) is 1. The van der Waals surface area contributed by atoms with Crippen LogP contribution in [0.3, 0.4) is 0 Å². The molecule has 1 saturated heterocycles. The van der Waals surface area contributed by atoms with Gasteiger partial charge in [0.2, 0.25) is 5.91 Å². The van der Waals surface area contributed by atoms with Gasteiger partial charge in [0.25, 0.3) is 0 Å². The lowest BCUT2D eigenvalue weighted by Gasteiger charge is -2.52. The normalized spacial score (nSPS) is 29.0. The van der Waals surface area contributed by atoms with Crippen molar-refractivity contribution in [3.8, 4) is 0 Å². The van der Waals surface area contributed by atoms with Gasteiger partial charge < -0.3 is 4.90 Å². The van der Waals surface area contributed by atoms with Crippen molar-refractivity contribution < 1.29 is 4.79 Å².